The third-order valence-corrected chi connectivity index (χ3v) is 6.77. The first-order valence-electron chi connectivity index (χ1n) is 10.0. The first-order chi connectivity index (χ1) is 14.4. The zero-order chi connectivity index (χ0) is 21.0. The van der Waals surface area contributed by atoms with Gasteiger partial charge < -0.3 is 10.6 Å². The molecule has 0 aliphatic heterocycles. The Hall–Kier alpha value is -2.43. The van der Waals surface area contributed by atoms with Crippen LogP contribution in [0.1, 0.15) is 41.8 Å². The maximum absolute atomic E-state index is 14.0. The van der Waals surface area contributed by atoms with Gasteiger partial charge in [-0.15, -0.1) is 0 Å². The molecule has 0 bridgehead atoms. The number of hydrogen-bond donors (Lipinski definition) is 1. The van der Waals surface area contributed by atoms with E-state index in [-0.39, 0.29) is 5.02 Å². The van der Waals surface area contributed by atoms with E-state index in [1.165, 1.54) is 29.7 Å². The molecule has 3 aromatic rings. The van der Waals surface area contributed by atoms with Crippen LogP contribution >= 0.6 is 23.2 Å². The molecule has 3 unspecified atom stereocenters. The Balaban J connectivity index is 1.52. The zero-order valence-corrected chi connectivity index (χ0v) is 17.9. The molecule has 0 spiro atoms. The maximum Gasteiger partial charge on any atom is 0.150 e. The summed E-state index contributed by atoms with van der Waals surface area (Å²) in [5, 5.41) is 0.370. The third kappa shape index (κ3) is 3.38. The number of nitrogens with two attached hydrogens (primary N) is 1. The van der Waals surface area contributed by atoms with Crippen molar-refractivity contribution in [1.29, 1.82) is 0 Å². The lowest BCUT2D eigenvalue weighted by atomic mass is 9.99. The number of nitrogens with zero attached hydrogens (tertiary/aromatic N) is 1. The van der Waals surface area contributed by atoms with Gasteiger partial charge in [0.05, 0.1) is 10.7 Å². The number of aromatic nitrogens is 1. The fourth-order valence-corrected chi connectivity index (χ4v) is 5.11. The van der Waals surface area contributed by atoms with Crippen molar-refractivity contribution in [2.75, 3.05) is 5.73 Å². The first-order valence-corrected chi connectivity index (χ1v) is 10.8. The number of fused-ring (bicyclic) bond motifs is 2. The molecule has 154 valence electrons. The van der Waals surface area contributed by atoms with Crippen molar-refractivity contribution >= 4 is 40.5 Å². The van der Waals surface area contributed by atoms with Gasteiger partial charge in [-0.25, -0.2) is 4.39 Å². The summed E-state index contributed by atoms with van der Waals surface area (Å²) in [6.07, 6.45) is 5.77. The van der Waals surface area contributed by atoms with Gasteiger partial charge in [-0.05, 0) is 84.7 Å². The van der Waals surface area contributed by atoms with Crippen LogP contribution in [-0.4, -0.2) is 4.73 Å². The molecule has 1 saturated carbocycles. The van der Waals surface area contributed by atoms with E-state index >= 15 is 0 Å². The Kier molecular flexibility index (Phi) is 4.79. The molecule has 2 aliphatic rings. The topological polar surface area (TPSA) is 40.2 Å². The van der Waals surface area contributed by atoms with Gasteiger partial charge >= 0.3 is 0 Å². The molecule has 1 aromatic heterocycles. The fourth-order valence-electron chi connectivity index (χ4n) is 4.43. The summed E-state index contributed by atoms with van der Waals surface area (Å²) in [6.45, 7) is 1.82. The number of benzene rings is 2. The van der Waals surface area contributed by atoms with Crippen LogP contribution in [0.5, 0.6) is 0 Å². The third-order valence-electron chi connectivity index (χ3n) is 6.05. The average molecular weight is 443 g/mol. The summed E-state index contributed by atoms with van der Waals surface area (Å²) in [7, 11) is 0. The van der Waals surface area contributed by atoms with Crippen LogP contribution in [0.4, 0.5) is 10.1 Å². The molecule has 0 saturated heterocycles. The van der Waals surface area contributed by atoms with Gasteiger partial charge in [0, 0.05) is 22.5 Å². The molecule has 6 heteroatoms. The van der Waals surface area contributed by atoms with E-state index in [1.807, 2.05) is 31.3 Å². The molecule has 30 heavy (non-hydrogen) atoms. The molecule has 3 atom stereocenters. The minimum Gasteiger partial charge on any atom is -0.406 e. The van der Waals surface area contributed by atoms with E-state index in [9.17, 15) is 4.39 Å². The van der Waals surface area contributed by atoms with E-state index < -0.39 is 11.9 Å². The number of rotatable bonds is 4. The minimum atomic E-state index is -0.529. The largest absolute Gasteiger partial charge is 0.406 e. The molecule has 3 nitrogen and oxygen atoms in total. The zero-order valence-electron chi connectivity index (χ0n) is 16.4. The SMILES string of the molecule is CC(On1ccc2c1C=C(c1cccc(N)c1)C1CC1C2)c1c(Cl)ccc(F)c1Cl. The lowest BCUT2D eigenvalue weighted by molar-refractivity contribution is 0.0470. The van der Waals surface area contributed by atoms with Crippen molar-refractivity contribution < 1.29 is 9.23 Å². The molecule has 0 radical (unpaired) electrons. The summed E-state index contributed by atoms with van der Waals surface area (Å²) in [4.78, 5) is 6.18. The molecular formula is C24H21Cl2FN2O. The van der Waals surface area contributed by atoms with Crippen LogP contribution in [0.3, 0.4) is 0 Å². The van der Waals surface area contributed by atoms with E-state index in [0.29, 0.717) is 22.4 Å². The van der Waals surface area contributed by atoms with Gasteiger partial charge in [0.1, 0.15) is 5.82 Å². The average Bonchev–Trinajstić information content (AvgIpc) is 3.40. The van der Waals surface area contributed by atoms with E-state index in [2.05, 4.69) is 18.2 Å². The van der Waals surface area contributed by atoms with Crippen LogP contribution in [0, 0.1) is 17.7 Å². The number of nitrogen functional groups attached to an aromatic ring is 1. The summed E-state index contributed by atoms with van der Waals surface area (Å²) in [6, 6.07) is 12.9. The quantitative estimate of drug-likeness (QED) is 0.373. The number of halogens is 3. The lowest BCUT2D eigenvalue weighted by Gasteiger charge is -2.20. The van der Waals surface area contributed by atoms with Crippen molar-refractivity contribution in [2.45, 2.75) is 25.9 Å². The van der Waals surface area contributed by atoms with Gasteiger partial charge in [0.2, 0.25) is 0 Å². The van der Waals surface area contributed by atoms with Crippen LogP contribution in [-0.2, 0) is 6.42 Å². The Morgan fingerprint density at radius 1 is 1.20 bits per heavy atom. The Labute approximate surface area is 184 Å². The van der Waals surface area contributed by atoms with Gasteiger partial charge in [-0.1, -0.05) is 35.3 Å². The monoisotopic (exact) mass is 442 g/mol. The summed E-state index contributed by atoms with van der Waals surface area (Å²) >= 11 is 12.5. The van der Waals surface area contributed by atoms with Crippen molar-refractivity contribution in [3.05, 3.63) is 86.9 Å². The van der Waals surface area contributed by atoms with Gasteiger partial charge in [-0.3, -0.25) is 0 Å². The Morgan fingerprint density at radius 2 is 2.03 bits per heavy atom. The van der Waals surface area contributed by atoms with Crippen LogP contribution < -0.4 is 10.6 Å². The molecule has 2 N–H and O–H groups in total. The maximum atomic E-state index is 14.0. The second-order valence-corrected chi connectivity index (χ2v) is 8.87. The number of anilines is 1. The standard InChI is InChI=1S/C24H21Cl2FN2O/c1-13(23-20(25)5-6-21(27)24(23)26)30-29-8-7-15-9-16-11-18(16)19(12-22(15)29)14-3-2-4-17(28)10-14/h2-8,10,12-13,16,18H,9,11,28H2,1H3. The van der Waals surface area contributed by atoms with E-state index in [0.717, 1.165) is 23.4 Å². The number of hydrogen-bond acceptors (Lipinski definition) is 2. The fraction of sp³-hybridized carbons (Fsp3) is 0.250. The second kappa shape index (κ2) is 7.36. The highest BCUT2D eigenvalue weighted by atomic mass is 35.5. The molecule has 5 rings (SSSR count). The lowest BCUT2D eigenvalue weighted by Crippen LogP contribution is -2.17. The van der Waals surface area contributed by atoms with Crippen molar-refractivity contribution in [3.8, 4) is 0 Å². The molecular weight excluding hydrogens is 422 g/mol. The molecule has 1 heterocycles. The normalized spacial score (nSPS) is 20.6. The van der Waals surface area contributed by atoms with Gasteiger partial charge in [-0.2, -0.15) is 4.73 Å². The predicted octanol–water partition coefficient (Wildman–Crippen LogP) is 6.44. The van der Waals surface area contributed by atoms with Crippen LogP contribution in [0.25, 0.3) is 11.6 Å². The highest BCUT2D eigenvalue weighted by Crippen LogP contribution is 2.53. The van der Waals surface area contributed by atoms with Crippen molar-refractivity contribution in [2.24, 2.45) is 11.8 Å². The molecule has 2 aromatic carbocycles. The molecule has 2 aliphatic carbocycles. The first kappa shape index (κ1) is 19.5. The molecule has 1 fully saturated rings. The van der Waals surface area contributed by atoms with Gasteiger partial charge in [0.25, 0.3) is 0 Å². The summed E-state index contributed by atoms with van der Waals surface area (Å²) in [5.41, 5.74) is 11.9. The number of allylic oxidation sites excluding steroid dienone is 1. The smallest absolute Gasteiger partial charge is 0.150 e. The molecule has 0 amide bonds. The summed E-state index contributed by atoms with van der Waals surface area (Å²) in [5.74, 6) is 0.665. The summed E-state index contributed by atoms with van der Waals surface area (Å²) < 4.78 is 15.7. The second-order valence-electron chi connectivity index (χ2n) is 8.09. The highest BCUT2D eigenvalue weighted by Gasteiger charge is 2.42. The minimum absolute atomic E-state index is 0.00881. The van der Waals surface area contributed by atoms with E-state index in [4.69, 9.17) is 33.8 Å². The van der Waals surface area contributed by atoms with E-state index in [1.54, 1.807) is 4.73 Å². The van der Waals surface area contributed by atoms with Crippen molar-refractivity contribution in [1.82, 2.24) is 4.73 Å². The Morgan fingerprint density at radius 3 is 2.83 bits per heavy atom. The highest BCUT2D eigenvalue weighted by molar-refractivity contribution is 6.36. The predicted molar refractivity (Wildman–Crippen MR) is 120 cm³/mol. The van der Waals surface area contributed by atoms with Gasteiger partial charge in [0.15, 0.2) is 6.10 Å². The Bertz CT molecular complexity index is 1170. The van der Waals surface area contributed by atoms with Crippen LogP contribution in [0.15, 0.2) is 48.7 Å². The van der Waals surface area contributed by atoms with Crippen molar-refractivity contribution in [3.63, 3.8) is 0 Å². The van der Waals surface area contributed by atoms with Crippen LogP contribution in [0.2, 0.25) is 10.0 Å².